The molecule has 0 spiro atoms. The quantitative estimate of drug-likeness (QED) is 0.363. The SMILES string of the molecule is CCCCOC(=O)Nc1ncc(-c2ccc(NC(=O)c3cc(F)cc(F)c3)cc2)n1C(=O)OC(C)(C)C. The first kappa shape index (κ1) is 27.3. The van der Waals surface area contributed by atoms with Crippen LogP contribution < -0.4 is 10.6 Å². The maximum atomic E-state index is 13.4. The minimum absolute atomic E-state index is 0.0868. The van der Waals surface area contributed by atoms with E-state index in [1.165, 1.54) is 6.20 Å². The van der Waals surface area contributed by atoms with E-state index in [2.05, 4.69) is 15.6 Å². The van der Waals surface area contributed by atoms with Crippen molar-refractivity contribution in [3.8, 4) is 11.3 Å². The normalized spacial score (nSPS) is 11.1. The molecule has 0 radical (unpaired) electrons. The molecule has 0 saturated carbocycles. The number of aromatic nitrogens is 2. The highest BCUT2D eigenvalue weighted by Crippen LogP contribution is 2.26. The maximum Gasteiger partial charge on any atom is 0.421 e. The fourth-order valence-electron chi connectivity index (χ4n) is 3.19. The lowest BCUT2D eigenvalue weighted by Gasteiger charge is -2.21. The first-order valence-corrected chi connectivity index (χ1v) is 11.6. The van der Waals surface area contributed by atoms with Gasteiger partial charge < -0.3 is 14.8 Å². The number of benzene rings is 2. The number of imidazole rings is 1. The summed E-state index contributed by atoms with van der Waals surface area (Å²) in [6, 6.07) is 8.81. The van der Waals surface area contributed by atoms with Crippen LogP contribution in [0.1, 0.15) is 50.9 Å². The standard InChI is InChI=1S/C26H28F2N4O5/c1-5-6-11-36-24(34)31-23-29-15-21(32(23)25(35)37-26(2,3)4)16-7-9-20(10-8-16)30-22(33)17-12-18(27)14-19(28)13-17/h7-10,12-15H,5-6,11H2,1-4H3,(H,30,33)(H,29,31,34). The van der Waals surface area contributed by atoms with Gasteiger partial charge in [0.15, 0.2) is 0 Å². The third-order valence-corrected chi connectivity index (χ3v) is 4.85. The minimum atomic E-state index is -0.866. The summed E-state index contributed by atoms with van der Waals surface area (Å²) in [6.45, 7) is 7.29. The largest absolute Gasteiger partial charge is 0.449 e. The van der Waals surface area contributed by atoms with Gasteiger partial charge in [0.1, 0.15) is 17.2 Å². The number of halogens is 2. The molecule has 0 atom stereocenters. The van der Waals surface area contributed by atoms with Crippen LogP contribution in [0.2, 0.25) is 0 Å². The van der Waals surface area contributed by atoms with Gasteiger partial charge in [-0.25, -0.2) is 27.9 Å². The van der Waals surface area contributed by atoms with Gasteiger partial charge in [-0.1, -0.05) is 25.5 Å². The Morgan fingerprint density at radius 2 is 1.65 bits per heavy atom. The molecule has 9 nitrogen and oxygen atoms in total. The molecule has 2 N–H and O–H groups in total. The van der Waals surface area contributed by atoms with E-state index in [4.69, 9.17) is 9.47 Å². The van der Waals surface area contributed by atoms with Crippen LogP contribution in [0, 0.1) is 11.6 Å². The molecule has 2 aromatic carbocycles. The molecule has 2 amide bonds. The van der Waals surface area contributed by atoms with Crippen molar-refractivity contribution in [1.82, 2.24) is 9.55 Å². The summed E-state index contributed by atoms with van der Waals surface area (Å²) in [5.41, 5.74) is 0.177. The van der Waals surface area contributed by atoms with Crippen molar-refractivity contribution in [3.63, 3.8) is 0 Å². The first-order chi connectivity index (χ1) is 17.5. The van der Waals surface area contributed by atoms with Gasteiger partial charge in [0.25, 0.3) is 5.91 Å². The fourth-order valence-corrected chi connectivity index (χ4v) is 3.19. The number of hydrogen-bond donors (Lipinski definition) is 2. The van der Waals surface area contributed by atoms with Gasteiger partial charge in [-0.2, -0.15) is 0 Å². The third kappa shape index (κ3) is 7.60. The van der Waals surface area contributed by atoms with Gasteiger partial charge in [0, 0.05) is 22.9 Å². The Bertz CT molecular complexity index is 1260. The summed E-state index contributed by atoms with van der Waals surface area (Å²) < 4.78 is 38.6. The van der Waals surface area contributed by atoms with Crippen molar-refractivity contribution < 1.29 is 32.6 Å². The second-order valence-electron chi connectivity index (χ2n) is 9.09. The molecule has 3 aromatic rings. The van der Waals surface area contributed by atoms with E-state index < -0.39 is 35.3 Å². The van der Waals surface area contributed by atoms with Gasteiger partial charge >= 0.3 is 12.2 Å². The molecule has 0 unspecified atom stereocenters. The van der Waals surface area contributed by atoms with Gasteiger partial charge in [-0.3, -0.25) is 10.1 Å². The smallest absolute Gasteiger partial charge is 0.421 e. The predicted molar refractivity (Wildman–Crippen MR) is 133 cm³/mol. The van der Waals surface area contributed by atoms with Gasteiger partial charge in [0.2, 0.25) is 5.95 Å². The molecule has 0 bridgehead atoms. The number of amides is 2. The Hall–Kier alpha value is -4.28. The number of hydrogen-bond acceptors (Lipinski definition) is 6. The number of anilines is 2. The molecular weight excluding hydrogens is 486 g/mol. The Morgan fingerprint density at radius 1 is 1.00 bits per heavy atom. The number of rotatable bonds is 7. The van der Waals surface area contributed by atoms with Crippen molar-refractivity contribution >= 4 is 29.7 Å². The van der Waals surface area contributed by atoms with Crippen molar-refractivity contribution in [2.24, 2.45) is 0 Å². The summed E-state index contributed by atoms with van der Waals surface area (Å²) in [7, 11) is 0. The van der Waals surface area contributed by atoms with E-state index in [0.29, 0.717) is 29.4 Å². The molecule has 0 fully saturated rings. The topological polar surface area (TPSA) is 112 Å². The number of unbranched alkanes of at least 4 members (excludes halogenated alkanes) is 1. The number of nitrogens with zero attached hydrogens (tertiary/aromatic N) is 2. The lowest BCUT2D eigenvalue weighted by atomic mass is 10.1. The number of carbonyl (C=O) groups excluding carboxylic acids is 3. The number of nitrogens with one attached hydrogen (secondary N) is 2. The Balaban J connectivity index is 1.85. The minimum Gasteiger partial charge on any atom is -0.449 e. The zero-order valence-electron chi connectivity index (χ0n) is 20.9. The number of carbonyl (C=O) groups is 3. The highest BCUT2D eigenvalue weighted by atomic mass is 19.1. The van der Waals surface area contributed by atoms with Crippen LogP contribution in [0.3, 0.4) is 0 Å². The zero-order valence-corrected chi connectivity index (χ0v) is 20.9. The Kier molecular flexibility index (Phi) is 8.59. The lowest BCUT2D eigenvalue weighted by molar-refractivity contribution is 0.0543. The van der Waals surface area contributed by atoms with E-state index >= 15 is 0 Å². The highest BCUT2D eigenvalue weighted by Gasteiger charge is 2.25. The monoisotopic (exact) mass is 514 g/mol. The molecule has 0 saturated heterocycles. The summed E-state index contributed by atoms with van der Waals surface area (Å²) in [6.07, 6.45) is 1.39. The van der Waals surface area contributed by atoms with Crippen molar-refractivity contribution in [2.75, 3.05) is 17.2 Å². The number of ether oxygens (including phenoxy) is 2. The van der Waals surface area contributed by atoms with E-state index in [0.717, 1.165) is 23.1 Å². The van der Waals surface area contributed by atoms with Crippen LogP contribution >= 0.6 is 0 Å². The third-order valence-electron chi connectivity index (χ3n) is 4.85. The van der Waals surface area contributed by atoms with Gasteiger partial charge in [-0.15, -0.1) is 0 Å². The summed E-state index contributed by atoms with van der Waals surface area (Å²) in [5, 5.41) is 5.02. The zero-order chi connectivity index (χ0) is 27.2. The van der Waals surface area contributed by atoms with Crippen LogP contribution in [0.5, 0.6) is 0 Å². The van der Waals surface area contributed by atoms with Crippen LogP contribution in [0.15, 0.2) is 48.7 Å². The predicted octanol–water partition coefficient (Wildman–Crippen LogP) is 6.21. The molecular formula is C26H28F2N4O5. The summed E-state index contributed by atoms with van der Waals surface area (Å²) in [4.78, 5) is 41.7. The van der Waals surface area contributed by atoms with Gasteiger partial charge in [0.05, 0.1) is 18.5 Å². The highest BCUT2D eigenvalue weighted by molar-refractivity contribution is 6.04. The van der Waals surface area contributed by atoms with E-state index in [9.17, 15) is 23.2 Å². The Morgan fingerprint density at radius 3 is 2.24 bits per heavy atom. The molecule has 37 heavy (non-hydrogen) atoms. The van der Waals surface area contributed by atoms with Crippen molar-refractivity contribution in [3.05, 3.63) is 65.9 Å². The van der Waals surface area contributed by atoms with Crippen LogP contribution in [0.4, 0.5) is 30.0 Å². The van der Waals surface area contributed by atoms with E-state index in [1.54, 1.807) is 45.0 Å². The second kappa shape index (κ2) is 11.6. The molecule has 1 heterocycles. The summed E-state index contributed by atoms with van der Waals surface area (Å²) in [5.74, 6) is -2.52. The van der Waals surface area contributed by atoms with E-state index in [-0.39, 0.29) is 18.1 Å². The molecule has 0 aliphatic rings. The molecule has 0 aliphatic heterocycles. The van der Waals surface area contributed by atoms with Crippen molar-refractivity contribution in [2.45, 2.75) is 46.1 Å². The van der Waals surface area contributed by atoms with Crippen molar-refractivity contribution in [1.29, 1.82) is 0 Å². The molecule has 0 aliphatic carbocycles. The first-order valence-electron chi connectivity index (χ1n) is 11.6. The van der Waals surface area contributed by atoms with E-state index in [1.807, 2.05) is 6.92 Å². The van der Waals surface area contributed by atoms with Crippen LogP contribution in [0.25, 0.3) is 11.3 Å². The maximum absolute atomic E-state index is 13.4. The summed E-state index contributed by atoms with van der Waals surface area (Å²) >= 11 is 0. The fraction of sp³-hybridized carbons (Fsp3) is 0.308. The van der Waals surface area contributed by atoms with Crippen LogP contribution in [-0.4, -0.2) is 39.9 Å². The average molecular weight is 515 g/mol. The second-order valence-corrected chi connectivity index (χ2v) is 9.09. The molecule has 1 aromatic heterocycles. The molecule has 3 rings (SSSR count). The van der Waals surface area contributed by atoms with Crippen LogP contribution in [-0.2, 0) is 9.47 Å². The van der Waals surface area contributed by atoms with Gasteiger partial charge in [-0.05, 0) is 51.5 Å². The molecule has 11 heteroatoms. The Labute approximate surface area is 212 Å². The molecule has 196 valence electrons. The lowest BCUT2D eigenvalue weighted by Crippen LogP contribution is -2.29. The average Bonchev–Trinajstić information content (AvgIpc) is 3.21.